The summed E-state index contributed by atoms with van der Waals surface area (Å²) in [4.78, 5) is 2.47. The standard InChI is InChI=1S/C11H24N2S/c1-4-11(12,5-2)9-13(3)10-6-7-14-8-10/h10H,4-9,12H2,1-3H3. The molecule has 0 aromatic carbocycles. The predicted octanol–water partition coefficient (Wildman–Crippen LogP) is 1.94. The van der Waals surface area contributed by atoms with Gasteiger partial charge in [0, 0.05) is 23.9 Å². The van der Waals surface area contributed by atoms with Gasteiger partial charge in [-0.3, -0.25) is 0 Å². The minimum absolute atomic E-state index is 0.0298. The molecule has 2 N–H and O–H groups in total. The maximum Gasteiger partial charge on any atom is 0.0278 e. The van der Waals surface area contributed by atoms with Crippen molar-refractivity contribution in [1.29, 1.82) is 0 Å². The molecular formula is C11H24N2S. The number of rotatable bonds is 5. The van der Waals surface area contributed by atoms with Crippen LogP contribution in [0.25, 0.3) is 0 Å². The molecule has 0 spiro atoms. The van der Waals surface area contributed by atoms with E-state index in [1.807, 2.05) is 0 Å². The molecule has 1 aliphatic heterocycles. The molecule has 84 valence electrons. The van der Waals surface area contributed by atoms with E-state index in [0.717, 1.165) is 25.4 Å². The van der Waals surface area contributed by atoms with Crippen molar-refractivity contribution < 1.29 is 0 Å². The number of nitrogens with zero attached hydrogens (tertiary/aromatic N) is 1. The number of nitrogens with two attached hydrogens (primary N) is 1. The minimum Gasteiger partial charge on any atom is -0.324 e. The lowest BCUT2D eigenvalue weighted by atomic mass is 9.93. The Morgan fingerprint density at radius 2 is 2.07 bits per heavy atom. The number of hydrogen-bond donors (Lipinski definition) is 1. The Morgan fingerprint density at radius 3 is 2.50 bits per heavy atom. The highest BCUT2D eigenvalue weighted by molar-refractivity contribution is 7.99. The maximum absolute atomic E-state index is 6.32. The SMILES string of the molecule is CCC(N)(CC)CN(C)C1CCSC1. The second kappa shape index (κ2) is 5.38. The molecule has 2 nitrogen and oxygen atoms in total. The molecule has 0 aromatic heterocycles. The summed E-state index contributed by atoms with van der Waals surface area (Å²) in [6, 6.07) is 0.765. The monoisotopic (exact) mass is 216 g/mol. The third kappa shape index (κ3) is 3.14. The third-order valence-corrected chi connectivity index (χ3v) is 4.65. The van der Waals surface area contributed by atoms with Crippen LogP contribution in [-0.4, -0.2) is 41.6 Å². The van der Waals surface area contributed by atoms with Gasteiger partial charge >= 0.3 is 0 Å². The average Bonchev–Trinajstić information content (AvgIpc) is 2.70. The summed E-state index contributed by atoms with van der Waals surface area (Å²) in [5.74, 6) is 2.62. The fourth-order valence-corrected chi connectivity index (χ4v) is 3.27. The predicted molar refractivity (Wildman–Crippen MR) is 65.9 cm³/mol. The summed E-state index contributed by atoms with van der Waals surface area (Å²) in [6.45, 7) is 5.44. The quantitative estimate of drug-likeness (QED) is 0.761. The molecule has 0 aromatic rings. The molecule has 1 aliphatic rings. The van der Waals surface area contributed by atoms with Crippen LogP contribution in [0, 0.1) is 0 Å². The lowest BCUT2D eigenvalue weighted by molar-refractivity contribution is 0.192. The van der Waals surface area contributed by atoms with Gasteiger partial charge in [0.2, 0.25) is 0 Å². The zero-order chi connectivity index (χ0) is 10.6. The van der Waals surface area contributed by atoms with Gasteiger partial charge in [0.1, 0.15) is 0 Å². The molecule has 0 bridgehead atoms. The Labute approximate surface area is 92.6 Å². The van der Waals surface area contributed by atoms with Gasteiger partial charge in [-0.05, 0) is 32.1 Å². The van der Waals surface area contributed by atoms with Crippen LogP contribution in [0.5, 0.6) is 0 Å². The Balaban J connectivity index is 2.41. The zero-order valence-corrected chi connectivity index (χ0v) is 10.6. The Morgan fingerprint density at radius 1 is 1.43 bits per heavy atom. The van der Waals surface area contributed by atoms with Crippen molar-refractivity contribution in [2.75, 3.05) is 25.1 Å². The van der Waals surface area contributed by atoms with Crippen LogP contribution in [-0.2, 0) is 0 Å². The Kier molecular flexibility index (Phi) is 4.74. The van der Waals surface area contributed by atoms with E-state index in [1.165, 1.54) is 17.9 Å². The Hall–Kier alpha value is 0.270. The first kappa shape index (κ1) is 12.3. The summed E-state index contributed by atoms with van der Waals surface area (Å²) in [5.41, 5.74) is 6.35. The molecule has 1 heterocycles. The summed E-state index contributed by atoms with van der Waals surface area (Å²) >= 11 is 2.07. The molecule has 3 heteroatoms. The van der Waals surface area contributed by atoms with Crippen molar-refractivity contribution in [3.05, 3.63) is 0 Å². The fraction of sp³-hybridized carbons (Fsp3) is 1.00. The molecule has 1 rings (SSSR count). The zero-order valence-electron chi connectivity index (χ0n) is 9.75. The van der Waals surface area contributed by atoms with Crippen LogP contribution in [0.1, 0.15) is 33.1 Å². The van der Waals surface area contributed by atoms with Gasteiger partial charge in [0.25, 0.3) is 0 Å². The van der Waals surface area contributed by atoms with Crippen molar-refractivity contribution in [3.8, 4) is 0 Å². The van der Waals surface area contributed by atoms with E-state index in [-0.39, 0.29) is 5.54 Å². The molecule has 14 heavy (non-hydrogen) atoms. The summed E-state index contributed by atoms with van der Waals surface area (Å²) in [5, 5.41) is 0. The largest absolute Gasteiger partial charge is 0.324 e. The van der Waals surface area contributed by atoms with Gasteiger partial charge in [-0.1, -0.05) is 13.8 Å². The first-order chi connectivity index (χ1) is 6.61. The first-order valence-corrected chi connectivity index (χ1v) is 6.83. The van der Waals surface area contributed by atoms with E-state index in [4.69, 9.17) is 5.73 Å². The van der Waals surface area contributed by atoms with E-state index in [9.17, 15) is 0 Å². The van der Waals surface area contributed by atoms with Crippen LogP contribution >= 0.6 is 11.8 Å². The smallest absolute Gasteiger partial charge is 0.0278 e. The summed E-state index contributed by atoms with van der Waals surface area (Å²) in [6.07, 6.45) is 3.49. The minimum atomic E-state index is 0.0298. The molecule has 1 atom stereocenters. The molecule has 0 radical (unpaired) electrons. The summed E-state index contributed by atoms with van der Waals surface area (Å²) < 4.78 is 0. The number of thioether (sulfide) groups is 1. The van der Waals surface area contributed by atoms with E-state index in [0.29, 0.717) is 0 Å². The van der Waals surface area contributed by atoms with Crippen molar-refractivity contribution in [2.24, 2.45) is 5.73 Å². The molecule has 1 unspecified atom stereocenters. The average molecular weight is 216 g/mol. The van der Waals surface area contributed by atoms with Gasteiger partial charge in [0.15, 0.2) is 0 Å². The molecule has 1 fully saturated rings. The maximum atomic E-state index is 6.32. The lowest BCUT2D eigenvalue weighted by Gasteiger charge is -2.34. The number of likely N-dealkylation sites (N-methyl/N-ethyl adjacent to an activating group) is 1. The van der Waals surface area contributed by atoms with Gasteiger partial charge in [-0.15, -0.1) is 0 Å². The lowest BCUT2D eigenvalue weighted by Crippen LogP contribution is -2.50. The molecular weight excluding hydrogens is 192 g/mol. The van der Waals surface area contributed by atoms with E-state index in [1.54, 1.807) is 0 Å². The highest BCUT2D eigenvalue weighted by Crippen LogP contribution is 2.23. The van der Waals surface area contributed by atoms with Crippen LogP contribution in [0.2, 0.25) is 0 Å². The first-order valence-electron chi connectivity index (χ1n) is 5.68. The van der Waals surface area contributed by atoms with E-state index >= 15 is 0 Å². The van der Waals surface area contributed by atoms with Gasteiger partial charge in [-0.25, -0.2) is 0 Å². The topological polar surface area (TPSA) is 29.3 Å². The second-order valence-electron chi connectivity index (χ2n) is 4.50. The van der Waals surface area contributed by atoms with Crippen LogP contribution < -0.4 is 5.73 Å². The summed E-state index contributed by atoms with van der Waals surface area (Å²) in [7, 11) is 2.23. The molecule has 0 aliphatic carbocycles. The van der Waals surface area contributed by atoms with E-state index < -0.39 is 0 Å². The van der Waals surface area contributed by atoms with Crippen molar-refractivity contribution in [3.63, 3.8) is 0 Å². The normalized spacial score (nSPS) is 23.4. The van der Waals surface area contributed by atoms with Crippen LogP contribution in [0.4, 0.5) is 0 Å². The number of hydrogen-bond acceptors (Lipinski definition) is 3. The van der Waals surface area contributed by atoms with E-state index in [2.05, 4.69) is 37.6 Å². The highest BCUT2D eigenvalue weighted by Gasteiger charge is 2.27. The van der Waals surface area contributed by atoms with Gasteiger partial charge in [0.05, 0.1) is 0 Å². The highest BCUT2D eigenvalue weighted by atomic mass is 32.2. The van der Waals surface area contributed by atoms with Crippen LogP contribution in [0.3, 0.4) is 0 Å². The van der Waals surface area contributed by atoms with Crippen molar-refractivity contribution in [1.82, 2.24) is 4.90 Å². The van der Waals surface area contributed by atoms with Crippen molar-refractivity contribution >= 4 is 11.8 Å². The van der Waals surface area contributed by atoms with Crippen molar-refractivity contribution in [2.45, 2.75) is 44.7 Å². The fourth-order valence-electron chi connectivity index (χ4n) is 1.97. The van der Waals surface area contributed by atoms with Gasteiger partial charge in [-0.2, -0.15) is 11.8 Å². The van der Waals surface area contributed by atoms with Gasteiger partial charge < -0.3 is 10.6 Å². The molecule has 1 saturated heterocycles. The molecule has 0 amide bonds. The van der Waals surface area contributed by atoms with Crippen LogP contribution in [0.15, 0.2) is 0 Å². The second-order valence-corrected chi connectivity index (χ2v) is 5.65. The Bertz CT molecular complexity index is 163. The third-order valence-electron chi connectivity index (χ3n) is 3.50. The molecule has 0 saturated carbocycles.